The van der Waals surface area contributed by atoms with Gasteiger partial charge in [0.2, 0.25) is 5.91 Å². The Morgan fingerprint density at radius 3 is 1.23 bits per heavy atom. The lowest BCUT2D eigenvalue weighted by Gasteiger charge is -2.27. The minimum absolute atomic E-state index is 0.358. The number of unbranched alkanes of at least 4 members (excludes halogenated alkanes) is 29. The quantitative estimate of drug-likeness (QED) is 0.0315. The summed E-state index contributed by atoms with van der Waals surface area (Å²) in [5, 5.41) is 43.8. The van der Waals surface area contributed by atoms with Gasteiger partial charge in [0.1, 0.15) is 12.2 Å². The van der Waals surface area contributed by atoms with Crippen LogP contribution in [0, 0.1) is 0 Å². The molecule has 5 N–H and O–H groups in total. The molecule has 0 spiro atoms. The second kappa shape index (κ2) is 41.9. The molecule has 4 unspecified atom stereocenters. The fourth-order valence-corrected chi connectivity index (χ4v) is 7.20. The summed E-state index contributed by atoms with van der Waals surface area (Å²) >= 11 is 0. The highest BCUT2D eigenvalue weighted by Crippen LogP contribution is 2.17. The van der Waals surface area contributed by atoms with Crippen molar-refractivity contribution in [3.05, 3.63) is 24.3 Å². The predicted molar refractivity (Wildman–Crippen MR) is 228 cm³/mol. The average molecular weight is 750 g/mol. The molecule has 6 heteroatoms. The number of amides is 1. The zero-order valence-electron chi connectivity index (χ0n) is 35.3. The van der Waals surface area contributed by atoms with Gasteiger partial charge in [0, 0.05) is 0 Å². The Kier molecular flexibility index (Phi) is 41.0. The van der Waals surface area contributed by atoms with Gasteiger partial charge in [0.15, 0.2) is 0 Å². The molecule has 0 aliphatic carbocycles. The minimum atomic E-state index is -1.26. The average Bonchev–Trinajstić information content (AvgIpc) is 3.16. The van der Waals surface area contributed by atoms with Crippen molar-refractivity contribution < 1.29 is 25.2 Å². The van der Waals surface area contributed by atoms with Crippen molar-refractivity contribution in [1.82, 2.24) is 5.32 Å². The summed E-state index contributed by atoms with van der Waals surface area (Å²) in [6.45, 7) is 4.03. The SMILES string of the molecule is CCCCC/C=C\C/C=C\CCCCCCCCC(O)C(=O)NC(CO)C(O)C(O)CCCCCCCCCCCCCCCCCCCCCCC. The molecule has 6 nitrogen and oxygen atoms in total. The van der Waals surface area contributed by atoms with E-state index >= 15 is 0 Å². The van der Waals surface area contributed by atoms with Crippen molar-refractivity contribution in [2.45, 2.75) is 263 Å². The van der Waals surface area contributed by atoms with Crippen molar-refractivity contribution in [3.8, 4) is 0 Å². The minimum Gasteiger partial charge on any atom is -0.394 e. The third-order valence-corrected chi connectivity index (χ3v) is 10.9. The smallest absolute Gasteiger partial charge is 0.249 e. The molecule has 314 valence electrons. The molecule has 53 heavy (non-hydrogen) atoms. The number of hydrogen-bond acceptors (Lipinski definition) is 5. The van der Waals surface area contributed by atoms with Gasteiger partial charge in [-0.05, 0) is 44.9 Å². The second-order valence-corrected chi connectivity index (χ2v) is 16.1. The van der Waals surface area contributed by atoms with Crippen molar-refractivity contribution in [1.29, 1.82) is 0 Å². The zero-order valence-corrected chi connectivity index (χ0v) is 35.3. The number of carbonyl (C=O) groups excluding carboxylic acids is 1. The van der Waals surface area contributed by atoms with Gasteiger partial charge in [0.25, 0.3) is 0 Å². The molecule has 0 aliphatic rings. The Morgan fingerprint density at radius 1 is 0.472 bits per heavy atom. The van der Waals surface area contributed by atoms with Crippen molar-refractivity contribution in [2.24, 2.45) is 0 Å². The van der Waals surface area contributed by atoms with E-state index < -0.39 is 36.9 Å². The summed E-state index contributed by atoms with van der Waals surface area (Å²) in [6.07, 6.45) is 47.8. The van der Waals surface area contributed by atoms with Gasteiger partial charge in [-0.1, -0.05) is 218 Å². The van der Waals surface area contributed by atoms with E-state index in [1.54, 1.807) is 0 Å². The molecule has 0 fully saturated rings. The van der Waals surface area contributed by atoms with Crippen LogP contribution in [0.1, 0.15) is 239 Å². The highest BCUT2D eigenvalue weighted by atomic mass is 16.3. The first-order valence-corrected chi connectivity index (χ1v) is 23.2. The van der Waals surface area contributed by atoms with Crippen LogP contribution in [-0.4, -0.2) is 57.3 Å². The van der Waals surface area contributed by atoms with E-state index in [9.17, 15) is 25.2 Å². The lowest BCUT2D eigenvalue weighted by Crippen LogP contribution is -2.53. The van der Waals surface area contributed by atoms with E-state index in [0.717, 1.165) is 57.8 Å². The molecule has 0 aromatic carbocycles. The monoisotopic (exact) mass is 750 g/mol. The van der Waals surface area contributed by atoms with Crippen LogP contribution in [0.2, 0.25) is 0 Å². The van der Waals surface area contributed by atoms with Gasteiger partial charge in [-0.3, -0.25) is 4.79 Å². The summed E-state index contributed by atoms with van der Waals surface area (Å²) in [7, 11) is 0. The maximum atomic E-state index is 12.5. The van der Waals surface area contributed by atoms with Crippen molar-refractivity contribution in [2.75, 3.05) is 6.61 Å². The van der Waals surface area contributed by atoms with Gasteiger partial charge in [-0.25, -0.2) is 0 Å². The van der Waals surface area contributed by atoms with Gasteiger partial charge < -0.3 is 25.7 Å². The van der Waals surface area contributed by atoms with Crippen molar-refractivity contribution >= 4 is 5.91 Å². The summed E-state index contributed by atoms with van der Waals surface area (Å²) in [5.41, 5.74) is 0. The van der Waals surface area contributed by atoms with Gasteiger partial charge in [0.05, 0.1) is 18.8 Å². The van der Waals surface area contributed by atoms with Gasteiger partial charge >= 0.3 is 0 Å². The topological polar surface area (TPSA) is 110 Å². The molecule has 0 bridgehead atoms. The van der Waals surface area contributed by atoms with Crippen LogP contribution < -0.4 is 5.32 Å². The number of allylic oxidation sites excluding steroid dienone is 4. The van der Waals surface area contributed by atoms with Crippen LogP contribution in [0.3, 0.4) is 0 Å². The van der Waals surface area contributed by atoms with Crippen LogP contribution in [0.5, 0.6) is 0 Å². The molecule has 0 rings (SSSR count). The number of hydrogen-bond donors (Lipinski definition) is 5. The predicted octanol–water partition coefficient (Wildman–Crippen LogP) is 12.4. The first-order valence-electron chi connectivity index (χ1n) is 23.2. The molecular weight excluding hydrogens is 659 g/mol. The largest absolute Gasteiger partial charge is 0.394 e. The Labute approximate surface area is 329 Å². The molecular formula is C47H91NO5. The molecule has 1 amide bonds. The van der Waals surface area contributed by atoms with Gasteiger partial charge in [-0.2, -0.15) is 0 Å². The molecule has 0 saturated carbocycles. The van der Waals surface area contributed by atoms with Crippen molar-refractivity contribution in [3.63, 3.8) is 0 Å². The molecule has 0 aromatic heterocycles. The number of aliphatic hydroxyl groups excluding tert-OH is 4. The molecule has 4 atom stereocenters. The third-order valence-electron chi connectivity index (χ3n) is 10.9. The Morgan fingerprint density at radius 2 is 0.811 bits per heavy atom. The van der Waals surface area contributed by atoms with E-state index in [4.69, 9.17) is 0 Å². The molecule has 0 saturated heterocycles. The summed E-state index contributed by atoms with van der Waals surface area (Å²) in [5.74, 6) is -0.591. The number of rotatable bonds is 42. The summed E-state index contributed by atoms with van der Waals surface area (Å²) in [6, 6.07) is -0.988. The fourth-order valence-electron chi connectivity index (χ4n) is 7.20. The van der Waals surface area contributed by atoms with Crippen LogP contribution in [-0.2, 0) is 4.79 Å². The Bertz CT molecular complexity index is 802. The molecule has 0 radical (unpaired) electrons. The van der Waals surface area contributed by atoms with E-state index in [0.29, 0.717) is 12.8 Å². The van der Waals surface area contributed by atoms with E-state index in [1.807, 2.05) is 0 Å². The van der Waals surface area contributed by atoms with E-state index in [2.05, 4.69) is 43.5 Å². The first-order chi connectivity index (χ1) is 26.0. The van der Waals surface area contributed by atoms with Crippen LogP contribution in [0.25, 0.3) is 0 Å². The fraction of sp³-hybridized carbons (Fsp3) is 0.894. The summed E-state index contributed by atoms with van der Waals surface area (Å²) < 4.78 is 0. The highest BCUT2D eigenvalue weighted by molar-refractivity contribution is 5.80. The number of nitrogens with one attached hydrogen (secondary N) is 1. The standard InChI is InChI=1S/C47H91NO5/c1-3-5-7-9-11-13-15-17-19-21-22-23-24-25-27-28-30-32-34-36-38-40-44(50)46(52)43(42-49)48-47(53)45(51)41-39-37-35-33-31-29-26-20-18-16-14-12-10-8-6-4-2/h12,14,18,20,43-46,49-52H,3-11,13,15-17,19,21-42H2,1-2H3,(H,48,53)/b14-12-,20-18-. The maximum absolute atomic E-state index is 12.5. The van der Waals surface area contributed by atoms with Crippen LogP contribution >= 0.6 is 0 Å². The number of carbonyl (C=O) groups is 1. The lowest BCUT2D eigenvalue weighted by atomic mass is 9.99. The number of aliphatic hydroxyl groups is 4. The summed E-state index contributed by atoms with van der Waals surface area (Å²) in [4.78, 5) is 12.5. The van der Waals surface area contributed by atoms with Gasteiger partial charge in [-0.15, -0.1) is 0 Å². The van der Waals surface area contributed by atoms with E-state index in [-0.39, 0.29) is 0 Å². The Hall–Kier alpha value is -1.21. The molecule has 0 aromatic rings. The first kappa shape index (κ1) is 51.8. The third kappa shape index (κ3) is 36.2. The molecule has 0 aliphatic heterocycles. The highest BCUT2D eigenvalue weighted by Gasteiger charge is 2.28. The Balaban J connectivity index is 3.71. The normalized spacial score (nSPS) is 14.3. The second-order valence-electron chi connectivity index (χ2n) is 16.1. The van der Waals surface area contributed by atoms with Crippen LogP contribution in [0.15, 0.2) is 24.3 Å². The van der Waals surface area contributed by atoms with Crippen LogP contribution in [0.4, 0.5) is 0 Å². The zero-order chi connectivity index (χ0) is 38.9. The van der Waals surface area contributed by atoms with E-state index in [1.165, 1.54) is 154 Å². The molecule has 0 heterocycles. The lowest BCUT2D eigenvalue weighted by molar-refractivity contribution is -0.132. The maximum Gasteiger partial charge on any atom is 0.249 e.